The molecule has 1 N–H and O–H groups in total. The monoisotopic (exact) mass is 499 g/mol. The predicted molar refractivity (Wildman–Crippen MR) is 125 cm³/mol. The zero-order chi connectivity index (χ0) is 19.2. The van der Waals surface area contributed by atoms with Gasteiger partial charge in [0.15, 0.2) is 5.96 Å². The Labute approximate surface area is 186 Å². The lowest BCUT2D eigenvalue weighted by atomic mass is 10.0. The van der Waals surface area contributed by atoms with Crippen LogP contribution in [0.25, 0.3) is 0 Å². The summed E-state index contributed by atoms with van der Waals surface area (Å²) >= 11 is 0. The minimum Gasteiger partial charge on any atom is -0.356 e. The molecule has 3 rings (SSSR count). The number of nitrogens with one attached hydrogen (secondary N) is 1. The van der Waals surface area contributed by atoms with Crippen molar-refractivity contribution in [2.24, 2.45) is 4.99 Å². The first-order chi connectivity index (χ1) is 13.1. The molecule has 1 aromatic rings. The van der Waals surface area contributed by atoms with Gasteiger partial charge in [0.05, 0.1) is 6.04 Å². The van der Waals surface area contributed by atoms with Gasteiger partial charge < -0.3 is 15.1 Å². The summed E-state index contributed by atoms with van der Waals surface area (Å²) < 4.78 is 0. The van der Waals surface area contributed by atoms with E-state index in [0.717, 1.165) is 64.4 Å². The van der Waals surface area contributed by atoms with Crippen molar-refractivity contribution in [3.05, 3.63) is 35.4 Å². The Morgan fingerprint density at radius 1 is 1.25 bits per heavy atom. The number of amides is 1. The fourth-order valence-electron chi connectivity index (χ4n) is 4.16. The zero-order valence-corrected chi connectivity index (χ0v) is 19.7. The highest BCUT2D eigenvalue weighted by molar-refractivity contribution is 14.0. The molecule has 0 radical (unpaired) electrons. The van der Waals surface area contributed by atoms with Crippen LogP contribution in [0.1, 0.15) is 30.4 Å². The van der Waals surface area contributed by atoms with Gasteiger partial charge in [-0.25, -0.2) is 0 Å². The number of likely N-dealkylation sites (N-methyl/N-ethyl adjacent to an activating group) is 1. The Morgan fingerprint density at radius 3 is 2.71 bits per heavy atom. The number of nitrogens with zero attached hydrogens (tertiary/aromatic N) is 4. The SMILES string of the molecule is CN=C(NCCCN1CCCC1C(=O)N(C)C)N1CCc2ccccc2C1.I. The van der Waals surface area contributed by atoms with Crippen molar-refractivity contribution >= 4 is 35.8 Å². The van der Waals surface area contributed by atoms with Crippen LogP contribution in [0, 0.1) is 0 Å². The number of halogens is 1. The molecule has 156 valence electrons. The number of carbonyl (C=O) groups is 1. The molecule has 2 aliphatic heterocycles. The average Bonchev–Trinajstić information content (AvgIpc) is 3.15. The summed E-state index contributed by atoms with van der Waals surface area (Å²) in [5.74, 6) is 1.22. The third kappa shape index (κ3) is 5.59. The summed E-state index contributed by atoms with van der Waals surface area (Å²) in [6, 6.07) is 8.74. The van der Waals surface area contributed by atoms with Crippen molar-refractivity contribution < 1.29 is 4.79 Å². The number of benzene rings is 1. The molecule has 2 heterocycles. The highest BCUT2D eigenvalue weighted by Crippen LogP contribution is 2.19. The van der Waals surface area contributed by atoms with Crippen molar-refractivity contribution in [3.63, 3.8) is 0 Å². The molecule has 1 amide bonds. The number of aliphatic imine (C=N–C) groups is 1. The number of hydrogen-bond acceptors (Lipinski definition) is 3. The standard InChI is InChI=1S/C21H33N5O.HI/c1-22-21(26-15-11-17-8-4-5-9-18(17)16-26)23-12-7-14-25-13-6-10-19(25)20(27)24(2)3;/h4-5,8-9,19H,6-7,10-16H2,1-3H3,(H,22,23);1H. The smallest absolute Gasteiger partial charge is 0.239 e. The number of fused-ring (bicyclic) bond motifs is 1. The van der Waals surface area contributed by atoms with E-state index in [0.29, 0.717) is 0 Å². The molecule has 7 heteroatoms. The van der Waals surface area contributed by atoms with Crippen LogP contribution in [0.3, 0.4) is 0 Å². The molecular weight excluding hydrogens is 465 g/mol. The Bertz CT molecular complexity index is 679. The van der Waals surface area contributed by atoms with E-state index in [1.807, 2.05) is 21.1 Å². The summed E-state index contributed by atoms with van der Waals surface area (Å²) in [6.45, 7) is 4.78. The molecule has 1 unspecified atom stereocenters. The average molecular weight is 499 g/mol. The van der Waals surface area contributed by atoms with Gasteiger partial charge in [0.2, 0.25) is 5.91 Å². The third-order valence-electron chi connectivity index (χ3n) is 5.64. The van der Waals surface area contributed by atoms with Crippen LogP contribution >= 0.6 is 24.0 Å². The molecule has 1 aromatic carbocycles. The van der Waals surface area contributed by atoms with E-state index >= 15 is 0 Å². The van der Waals surface area contributed by atoms with Gasteiger partial charge >= 0.3 is 0 Å². The first-order valence-electron chi connectivity index (χ1n) is 10.1. The van der Waals surface area contributed by atoms with Gasteiger partial charge in [0, 0.05) is 47.3 Å². The first kappa shape index (κ1) is 22.9. The number of rotatable bonds is 5. The maximum atomic E-state index is 12.3. The van der Waals surface area contributed by atoms with E-state index in [1.54, 1.807) is 4.90 Å². The van der Waals surface area contributed by atoms with Crippen LogP contribution in [0.15, 0.2) is 29.3 Å². The quantitative estimate of drug-likeness (QED) is 0.292. The highest BCUT2D eigenvalue weighted by atomic mass is 127. The minimum absolute atomic E-state index is 0. The van der Waals surface area contributed by atoms with Crippen LogP contribution in [0.4, 0.5) is 0 Å². The van der Waals surface area contributed by atoms with E-state index in [4.69, 9.17) is 0 Å². The zero-order valence-electron chi connectivity index (χ0n) is 17.4. The molecular formula is C21H34IN5O. The van der Waals surface area contributed by atoms with Crippen LogP contribution in [-0.2, 0) is 17.8 Å². The summed E-state index contributed by atoms with van der Waals surface area (Å²) in [4.78, 5) is 23.2. The second kappa shape index (κ2) is 11.0. The van der Waals surface area contributed by atoms with Crippen molar-refractivity contribution in [2.45, 2.75) is 38.3 Å². The number of likely N-dealkylation sites (tertiary alicyclic amines) is 1. The molecule has 0 spiro atoms. The summed E-state index contributed by atoms with van der Waals surface area (Å²) in [7, 11) is 5.55. The Balaban J connectivity index is 0.00000280. The largest absolute Gasteiger partial charge is 0.356 e. The molecule has 1 atom stereocenters. The molecule has 0 bridgehead atoms. The lowest BCUT2D eigenvalue weighted by molar-refractivity contribution is -0.133. The van der Waals surface area contributed by atoms with E-state index < -0.39 is 0 Å². The molecule has 0 aromatic heterocycles. The normalized spacial score (nSPS) is 19.8. The highest BCUT2D eigenvalue weighted by Gasteiger charge is 2.31. The van der Waals surface area contributed by atoms with Crippen molar-refractivity contribution in [3.8, 4) is 0 Å². The number of hydrogen-bond donors (Lipinski definition) is 1. The molecule has 6 nitrogen and oxygen atoms in total. The van der Waals surface area contributed by atoms with Crippen LogP contribution in [-0.4, -0.2) is 79.9 Å². The maximum absolute atomic E-state index is 12.3. The second-order valence-corrected chi connectivity index (χ2v) is 7.69. The maximum Gasteiger partial charge on any atom is 0.239 e. The fraction of sp³-hybridized carbons (Fsp3) is 0.619. The lowest BCUT2D eigenvalue weighted by Crippen LogP contribution is -2.45. The van der Waals surface area contributed by atoms with Crippen LogP contribution in [0.5, 0.6) is 0 Å². The van der Waals surface area contributed by atoms with Crippen LogP contribution < -0.4 is 5.32 Å². The van der Waals surface area contributed by atoms with Gasteiger partial charge in [0.1, 0.15) is 0 Å². The van der Waals surface area contributed by atoms with Gasteiger partial charge in [-0.2, -0.15) is 0 Å². The molecule has 2 aliphatic rings. The Kier molecular flexibility index (Phi) is 9.01. The van der Waals surface area contributed by atoms with Crippen molar-refractivity contribution in [1.82, 2.24) is 20.0 Å². The Hall–Kier alpha value is -1.35. The van der Waals surface area contributed by atoms with Gasteiger partial charge in [-0.1, -0.05) is 24.3 Å². The fourth-order valence-corrected chi connectivity index (χ4v) is 4.16. The lowest BCUT2D eigenvalue weighted by Gasteiger charge is -2.32. The number of guanidine groups is 1. The van der Waals surface area contributed by atoms with Gasteiger partial charge in [-0.05, 0) is 43.4 Å². The predicted octanol–water partition coefficient (Wildman–Crippen LogP) is 2.18. The van der Waals surface area contributed by atoms with E-state index in [-0.39, 0.29) is 35.9 Å². The molecule has 1 saturated heterocycles. The van der Waals surface area contributed by atoms with Crippen molar-refractivity contribution in [2.75, 3.05) is 47.3 Å². The van der Waals surface area contributed by atoms with Crippen LogP contribution in [0.2, 0.25) is 0 Å². The molecule has 28 heavy (non-hydrogen) atoms. The summed E-state index contributed by atoms with van der Waals surface area (Å²) in [5.41, 5.74) is 2.85. The van der Waals surface area contributed by atoms with Gasteiger partial charge in [-0.3, -0.25) is 14.7 Å². The summed E-state index contributed by atoms with van der Waals surface area (Å²) in [5, 5.41) is 3.51. The van der Waals surface area contributed by atoms with E-state index in [1.165, 1.54) is 11.1 Å². The Morgan fingerprint density at radius 2 is 2.00 bits per heavy atom. The van der Waals surface area contributed by atoms with E-state index in [2.05, 4.69) is 44.4 Å². The van der Waals surface area contributed by atoms with Crippen molar-refractivity contribution in [1.29, 1.82) is 0 Å². The second-order valence-electron chi connectivity index (χ2n) is 7.69. The van der Waals surface area contributed by atoms with Gasteiger partial charge in [-0.15, -0.1) is 24.0 Å². The van der Waals surface area contributed by atoms with E-state index in [9.17, 15) is 4.79 Å². The minimum atomic E-state index is 0. The third-order valence-corrected chi connectivity index (χ3v) is 5.64. The van der Waals surface area contributed by atoms with Gasteiger partial charge in [0.25, 0.3) is 0 Å². The molecule has 1 fully saturated rings. The first-order valence-corrected chi connectivity index (χ1v) is 10.1. The summed E-state index contributed by atoms with van der Waals surface area (Å²) in [6.07, 6.45) is 4.19. The molecule has 0 aliphatic carbocycles. The number of carbonyl (C=O) groups excluding carboxylic acids is 1. The molecule has 0 saturated carbocycles. The topological polar surface area (TPSA) is 51.2 Å².